The monoisotopic (exact) mass is 273 g/mol. The molecule has 4 fully saturated rings. The summed E-state index contributed by atoms with van der Waals surface area (Å²) < 4.78 is 2.11. The van der Waals surface area contributed by atoms with Gasteiger partial charge in [0.15, 0.2) is 0 Å². The maximum atomic E-state index is 5.71. The van der Waals surface area contributed by atoms with Gasteiger partial charge in [0, 0.05) is 12.7 Å². The molecule has 0 aliphatic heterocycles. The van der Waals surface area contributed by atoms with Gasteiger partial charge in [-0.1, -0.05) is 0 Å². The van der Waals surface area contributed by atoms with Crippen LogP contribution in [0.1, 0.15) is 55.7 Å². The topological polar surface area (TPSA) is 43.8 Å². The van der Waals surface area contributed by atoms with E-state index in [9.17, 15) is 0 Å². The van der Waals surface area contributed by atoms with Gasteiger partial charge in [0.25, 0.3) is 0 Å². The minimum absolute atomic E-state index is 0.784. The molecule has 0 radical (unpaired) electrons. The first-order valence-corrected chi connectivity index (χ1v) is 8.47. The maximum Gasteiger partial charge on any atom is 0.0527 e. The smallest absolute Gasteiger partial charge is 0.0527 e. The Balaban J connectivity index is 1.64. The second-order valence-corrected chi connectivity index (χ2v) is 7.52. The van der Waals surface area contributed by atoms with Crippen molar-refractivity contribution in [2.75, 3.05) is 6.54 Å². The second-order valence-electron chi connectivity index (χ2n) is 7.52. The molecule has 1 aromatic heterocycles. The number of nitrogens with zero attached hydrogens (tertiary/aromatic N) is 2. The van der Waals surface area contributed by atoms with Crippen molar-refractivity contribution in [3.05, 3.63) is 17.5 Å². The van der Waals surface area contributed by atoms with E-state index in [0.717, 1.165) is 49.0 Å². The van der Waals surface area contributed by atoms with Crippen molar-refractivity contribution < 1.29 is 0 Å². The van der Waals surface area contributed by atoms with Crippen LogP contribution in [-0.4, -0.2) is 16.3 Å². The van der Waals surface area contributed by atoms with Gasteiger partial charge in [-0.05, 0) is 86.6 Å². The fourth-order valence-corrected chi connectivity index (χ4v) is 5.77. The van der Waals surface area contributed by atoms with Crippen LogP contribution in [0.5, 0.6) is 0 Å². The van der Waals surface area contributed by atoms with Crippen LogP contribution in [0, 0.1) is 23.7 Å². The average Bonchev–Trinajstić information content (AvgIpc) is 2.77. The Morgan fingerprint density at radius 2 is 1.80 bits per heavy atom. The Labute approximate surface area is 121 Å². The van der Waals surface area contributed by atoms with Crippen molar-refractivity contribution in [2.45, 2.75) is 50.9 Å². The first kappa shape index (κ1) is 12.9. The van der Waals surface area contributed by atoms with Crippen molar-refractivity contribution in [3.8, 4) is 0 Å². The Kier molecular flexibility index (Phi) is 3.13. The molecule has 4 aliphatic rings. The molecule has 1 heterocycles. The first-order chi connectivity index (χ1) is 9.76. The molecule has 110 valence electrons. The normalized spacial score (nSPS) is 38.6. The van der Waals surface area contributed by atoms with Gasteiger partial charge in [-0.15, -0.1) is 0 Å². The third-order valence-corrected chi connectivity index (χ3v) is 6.30. The number of aromatic nitrogens is 2. The lowest BCUT2D eigenvalue weighted by atomic mass is 9.50. The summed E-state index contributed by atoms with van der Waals surface area (Å²) >= 11 is 0. The molecule has 20 heavy (non-hydrogen) atoms. The van der Waals surface area contributed by atoms with E-state index in [1.807, 2.05) is 0 Å². The summed E-state index contributed by atoms with van der Waals surface area (Å²) in [6.07, 6.45) is 11.9. The van der Waals surface area contributed by atoms with Gasteiger partial charge in [-0.2, -0.15) is 5.10 Å². The zero-order valence-corrected chi connectivity index (χ0v) is 12.6. The molecule has 4 aliphatic carbocycles. The fourth-order valence-electron chi connectivity index (χ4n) is 5.77. The molecule has 0 atom stereocenters. The third kappa shape index (κ3) is 1.93. The van der Waals surface area contributed by atoms with Crippen LogP contribution < -0.4 is 5.73 Å². The standard InChI is InChI=1S/C17H27N3/c1-20-16(3-2-4-18)15(10-19-20)17-13-6-11-5-12(8-13)9-14(17)7-11/h10-14,17H,2-9,18H2,1H3. The van der Waals surface area contributed by atoms with Gasteiger partial charge in [0.05, 0.1) is 6.20 Å². The lowest BCUT2D eigenvalue weighted by Crippen LogP contribution is -2.44. The molecule has 5 rings (SSSR count). The highest BCUT2D eigenvalue weighted by Crippen LogP contribution is 2.60. The van der Waals surface area contributed by atoms with Crippen molar-refractivity contribution in [3.63, 3.8) is 0 Å². The van der Waals surface area contributed by atoms with Crippen LogP contribution in [0.4, 0.5) is 0 Å². The largest absolute Gasteiger partial charge is 0.330 e. The fraction of sp³-hybridized carbons (Fsp3) is 0.824. The Morgan fingerprint density at radius 3 is 2.40 bits per heavy atom. The molecule has 0 amide bonds. The highest BCUT2D eigenvalue weighted by Gasteiger charge is 2.49. The van der Waals surface area contributed by atoms with Crippen molar-refractivity contribution in [1.29, 1.82) is 0 Å². The van der Waals surface area contributed by atoms with Crippen molar-refractivity contribution in [2.24, 2.45) is 36.5 Å². The zero-order valence-electron chi connectivity index (χ0n) is 12.6. The van der Waals surface area contributed by atoms with Crippen LogP contribution >= 0.6 is 0 Å². The van der Waals surface area contributed by atoms with E-state index in [0.29, 0.717) is 0 Å². The van der Waals surface area contributed by atoms with E-state index >= 15 is 0 Å². The summed E-state index contributed by atoms with van der Waals surface area (Å²) in [5.74, 6) is 4.82. The minimum atomic E-state index is 0.784. The predicted molar refractivity (Wildman–Crippen MR) is 80.4 cm³/mol. The first-order valence-electron chi connectivity index (χ1n) is 8.47. The summed E-state index contributed by atoms with van der Waals surface area (Å²) in [4.78, 5) is 0. The van der Waals surface area contributed by atoms with Crippen LogP contribution in [-0.2, 0) is 13.5 Å². The third-order valence-electron chi connectivity index (χ3n) is 6.30. The van der Waals surface area contributed by atoms with Crippen LogP contribution in [0.15, 0.2) is 6.20 Å². The highest BCUT2D eigenvalue weighted by atomic mass is 15.3. The Hall–Kier alpha value is -0.830. The van der Waals surface area contributed by atoms with Gasteiger partial charge in [-0.3, -0.25) is 4.68 Å². The van der Waals surface area contributed by atoms with Crippen LogP contribution in [0.3, 0.4) is 0 Å². The minimum Gasteiger partial charge on any atom is -0.330 e. The molecular weight excluding hydrogens is 246 g/mol. The molecular formula is C17H27N3. The average molecular weight is 273 g/mol. The lowest BCUT2D eigenvalue weighted by molar-refractivity contribution is -0.00309. The van der Waals surface area contributed by atoms with E-state index in [-0.39, 0.29) is 0 Å². The van der Waals surface area contributed by atoms with Crippen LogP contribution in [0.2, 0.25) is 0 Å². The molecule has 4 bridgehead atoms. The summed E-state index contributed by atoms with van der Waals surface area (Å²) in [7, 11) is 2.10. The SMILES string of the molecule is Cn1ncc(C2C3CC4CC(C3)CC2C4)c1CCCN. The number of hydrogen-bond donors (Lipinski definition) is 1. The zero-order chi connectivity index (χ0) is 13.7. The Morgan fingerprint density at radius 1 is 1.15 bits per heavy atom. The van der Waals surface area contributed by atoms with Gasteiger partial charge in [0.2, 0.25) is 0 Å². The molecule has 0 unspecified atom stereocenters. The Bertz CT molecular complexity index is 462. The van der Waals surface area contributed by atoms with E-state index in [1.54, 1.807) is 5.56 Å². The summed E-state index contributed by atoms with van der Waals surface area (Å²) in [5.41, 5.74) is 8.75. The molecule has 4 saturated carbocycles. The highest BCUT2D eigenvalue weighted by molar-refractivity contribution is 5.27. The number of hydrogen-bond acceptors (Lipinski definition) is 2. The van der Waals surface area contributed by atoms with E-state index in [4.69, 9.17) is 5.73 Å². The molecule has 0 saturated heterocycles. The van der Waals surface area contributed by atoms with Crippen molar-refractivity contribution >= 4 is 0 Å². The van der Waals surface area contributed by atoms with Crippen LogP contribution in [0.25, 0.3) is 0 Å². The summed E-state index contributed by atoms with van der Waals surface area (Å²) in [6.45, 7) is 0.784. The van der Waals surface area contributed by atoms with E-state index in [1.165, 1.54) is 37.8 Å². The maximum absolute atomic E-state index is 5.71. The summed E-state index contributed by atoms with van der Waals surface area (Å²) in [6, 6.07) is 0. The molecule has 3 nitrogen and oxygen atoms in total. The van der Waals surface area contributed by atoms with Gasteiger partial charge in [-0.25, -0.2) is 0 Å². The van der Waals surface area contributed by atoms with Crippen molar-refractivity contribution in [1.82, 2.24) is 9.78 Å². The van der Waals surface area contributed by atoms with E-state index in [2.05, 4.69) is 23.0 Å². The molecule has 3 heteroatoms. The van der Waals surface area contributed by atoms with Gasteiger partial charge >= 0.3 is 0 Å². The molecule has 2 N–H and O–H groups in total. The number of rotatable bonds is 4. The van der Waals surface area contributed by atoms with Gasteiger partial charge < -0.3 is 5.73 Å². The second kappa shape index (κ2) is 4.87. The number of nitrogens with two attached hydrogens (primary N) is 1. The number of aryl methyl sites for hydroxylation is 1. The molecule has 0 aromatic carbocycles. The lowest BCUT2D eigenvalue weighted by Gasteiger charge is -2.54. The van der Waals surface area contributed by atoms with E-state index < -0.39 is 0 Å². The quantitative estimate of drug-likeness (QED) is 0.916. The molecule has 0 spiro atoms. The van der Waals surface area contributed by atoms with Gasteiger partial charge in [0.1, 0.15) is 0 Å². The predicted octanol–water partition coefficient (Wildman–Crippen LogP) is 2.85. The molecule has 1 aromatic rings. The summed E-state index contributed by atoms with van der Waals surface area (Å²) in [5, 5.41) is 4.58.